The molecule has 1 amide bonds. The van der Waals surface area contributed by atoms with E-state index in [-0.39, 0.29) is 11.5 Å². The Bertz CT molecular complexity index is 1250. The molecule has 0 bridgehead atoms. The molecular formula is C23H23N3O2. The lowest BCUT2D eigenvalue weighted by Crippen LogP contribution is -2.27. The van der Waals surface area contributed by atoms with Gasteiger partial charge in [-0.05, 0) is 31.0 Å². The summed E-state index contributed by atoms with van der Waals surface area (Å²) in [6, 6.07) is 17.8. The first kappa shape index (κ1) is 18.0. The number of hydrogen-bond acceptors (Lipinski definition) is 2. The molecule has 4 rings (SSSR count). The van der Waals surface area contributed by atoms with Gasteiger partial charge in [0.1, 0.15) is 5.69 Å². The summed E-state index contributed by atoms with van der Waals surface area (Å²) in [5.41, 5.74) is 4.45. The smallest absolute Gasteiger partial charge is 0.267 e. The lowest BCUT2D eigenvalue weighted by Gasteiger charge is -2.09. The molecule has 0 aliphatic rings. The van der Waals surface area contributed by atoms with Crippen molar-refractivity contribution in [3.05, 3.63) is 81.8 Å². The lowest BCUT2D eigenvalue weighted by atomic mass is 10.1. The minimum absolute atomic E-state index is 0.0944. The number of carbonyl (C=O) groups is 1. The first-order valence-electron chi connectivity index (χ1n) is 9.38. The van der Waals surface area contributed by atoms with Crippen molar-refractivity contribution in [2.75, 3.05) is 6.54 Å². The molecule has 0 saturated carbocycles. The molecule has 2 heterocycles. The highest BCUT2D eigenvalue weighted by Gasteiger charge is 2.18. The van der Waals surface area contributed by atoms with Crippen LogP contribution < -0.4 is 10.9 Å². The lowest BCUT2D eigenvalue weighted by molar-refractivity contribution is 0.0946. The van der Waals surface area contributed by atoms with E-state index in [1.807, 2.05) is 35.9 Å². The van der Waals surface area contributed by atoms with Crippen LogP contribution in [0.4, 0.5) is 0 Å². The number of nitrogens with zero attached hydrogens (tertiary/aromatic N) is 2. The van der Waals surface area contributed by atoms with Gasteiger partial charge in [0.2, 0.25) is 0 Å². The predicted octanol–water partition coefficient (Wildman–Crippen LogP) is 3.31. The summed E-state index contributed by atoms with van der Waals surface area (Å²) < 4.78 is 3.46. The van der Waals surface area contributed by atoms with E-state index in [0.717, 1.165) is 22.8 Å². The molecule has 0 fully saturated rings. The van der Waals surface area contributed by atoms with Crippen molar-refractivity contribution in [1.29, 1.82) is 0 Å². The van der Waals surface area contributed by atoms with E-state index in [1.165, 1.54) is 11.1 Å². The minimum atomic E-state index is -0.169. The van der Waals surface area contributed by atoms with Crippen molar-refractivity contribution < 1.29 is 4.79 Å². The Balaban J connectivity index is 1.65. The van der Waals surface area contributed by atoms with Gasteiger partial charge in [0.15, 0.2) is 0 Å². The Kier molecular flexibility index (Phi) is 4.51. The number of pyridine rings is 1. The number of amides is 1. The summed E-state index contributed by atoms with van der Waals surface area (Å²) in [4.78, 5) is 25.5. The standard InChI is InChI=1S/C23H23N3O2/c1-15-8-10-16(11-9-15)12-13-24-22(27)20-14-18-21(25(20)2)17-6-4-5-7-19(17)26(3)23(18)28/h4-11,14H,12-13H2,1-3H3,(H,24,27). The van der Waals surface area contributed by atoms with Crippen molar-refractivity contribution in [2.45, 2.75) is 13.3 Å². The van der Waals surface area contributed by atoms with Gasteiger partial charge < -0.3 is 14.5 Å². The van der Waals surface area contributed by atoms with Gasteiger partial charge in [0.25, 0.3) is 11.5 Å². The monoisotopic (exact) mass is 373 g/mol. The van der Waals surface area contributed by atoms with Gasteiger partial charge in [-0.1, -0.05) is 48.0 Å². The van der Waals surface area contributed by atoms with Gasteiger partial charge in [-0.2, -0.15) is 0 Å². The van der Waals surface area contributed by atoms with Crippen molar-refractivity contribution in [3.63, 3.8) is 0 Å². The number of benzene rings is 2. The molecule has 5 nitrogen and oxygen atoms in total. The van der Waals surface area contributed by atoms with Crippen LogP contribution >= 0.6 is 0 Å². The van der Waals surface area contributed by atoms with Gasteiger partial charge in [-0.15, -0.1) is 0 Å². The van der Waals surface area contributed by atoms with Crippen LogP contribution in [0.25, 0.3) is 21.8 Å². The Morgan fingerprint density at radius 1 is 0.964 bits per heavy atom. The van der Waals surface area contributed by atoms with Crippen LogP contribution in [-0.4, -0.2) is 21.6 Å². The maximum absolute atomic E-state index is 12.8. The fourth-order valence-corrected chi connectivity index (χ4v) is 3.73. The summed E-state index contributed by atoms with van der Waals surface area (Å²) in [5.74, 6) is -0.169. The van der Waals surface area contributed by atoms with Crippen LogP contribution in [0.1, 0.15) is 21.6 Å². The van der Waals surface area contributed by atoms with Crippen LogP contribution in [0.15, 0.2) is 59.4 Å². The maximum Gasteiger partial charge on any atom is 0.267 e. The van der Waals surface area contributed by atoms with Gasteiger partial charge in [0.05, 0.1) is 16.4 Å². The van der Waals surface area contributed by atoms with E-state index >= 15 is 0 Å². The van der Waals surface area contributed by atoms with E-state index < -0.39 is 0 Å². The molecular weight excluding hydrogens is 350 g/mol. The van der Waals surface area contributed by atoms with Crippen LogP contribution in [0.3, 0.4) is 0 Å². The van der Waals surface area contributed by atoms with Gasteiger partial charge in [-0.3, -0.25) is 9.59 Å². The van der Waals surface area contributed by atoms with Gasteiger partial charge >= 0.3 is 0 Å². The normalized spacial score (nSPS) is 11.2. The largest absolute Gasteiger partial charge is 0.350 e. The molecule has 0 atom stereocenters. The van der Waals surface area contributed by atoms with Crippen molar-refractivity contribution in [2.24, 2.45) is 14.1 Å². The van der Waals surface area contributed by atoms with Crippen molar-refractivity contribution in [3.8, 4) is 0 Å². The van der Waals surface area contributed by atoms with Crippen LogP contribution in [0.2, 0.25) is 0 Å². The molecule has 0 saturated heterocycles. The molecule has 28 heavy (non-hydrogen) atoms. The quantitative estimate of drug-likeness (QED) is 0.597. The summed E-state index contributed by atoms with van der Waals surface area (Å²) in [6.07, 6.45) is 0.765. The fourth-order valence-electron chi connectivity index (χ4n) is 3.73. The molecule has 0 aliphatic carbocycles. The number of aryl methyl sites for hydroxylation is 3. The molecule has 1 N–H and O–H groups in total. The zero-order valence-electron chi connectivity index (χ0n) is 16.3. The third-order valence-electron chi connectivity index (χ3n) is 5.34. The SMILES string of the molecule is Cc1ccc(CCNC(=O)c2cc3c(=O)n(C)c4ccccc4c3n2C)cc1. The Morgan fingerprint density at radius 3 is 2.43 bits per heavy atom. The summed E-state index contributed by atoms with van der Waals surface area (Å²) in [5, 5.41) is 4.50. The predicted molar refractivity (Wildman–Crippen MR) is 113 cm³/mol. The summed E-state index contributed by atoms with van der Waals surface area (Å²) in [7, 11) is 3.60. The minimum Gasteiger partial charge on any atom is -0.350 e. The highest BCUT2D eigenvalue weighted by atomic mass is 16.2. The summed E-state index contributed by atoms with van der Waals surface area (Å²) >= 11 is 0. The number of rotatable bonds is 4. The second kappa shape index (κ2) is 7.00. The average molecular weight is 373 g/mol. The fraction of sp³-hybridized carbons (Fsp3) is 0.217. The van der Waals surface area contributed by atoms with Crippen LogP contribution in [0.5, 0.6) is 0 Å². The Morgan fingerprint density at radius 2 is 1.68 bits per heavy atom. The number of nitrogens with one attached hydrogen (secondary N) is 1. The molecule has 0 aliphatic heterocycles. The van der Waals surface area contributed by atoms with E-state index in [2.05, 4.69) is 36.5 Å². The molecule has 0 spiro atoms. The Labute approximate surface area is 163 Å². The number of para-hydroxylation sites is 1. The van der Waals surface area contributed by atoms with E-state index in [9.17, 15) is 9.59 Å². The molecule has 2 aromatic heterocycles. The zero-order valence-corrected chi connectivity index (χ0v) is 16.3. The highest BCUT2D eigenvalue weighted by Crippen LogP contribution is 2.24. The molecule has 0 radical (unpaired) electrons. The molecule has 5 heteroatoms. The maximum atomic E-state index is 12.8. The first-order valence-corrected chi connectivity index (χ1v) is 9.38. The van der Waals surface area contributed by atoms with Crippen molar-refractivity contribution >= 4 is 27.7 Å². The van der Waals surface area contributed by atoms with Gasteiger partial charge in [0, 0.05) is 26.0 Å². The van der Waals surface area contributed by atoms with Crippen molar-refractivity contribution in [1.82, 2.24) is 14.5 Å². The average Bonchev–Trinajstić information content (AvgIpc) is 3.05. The van der Waals surface area contributed by atoms with Crippen LogP contribution in [0, 0.1) is 6.92 Å². The molecule has 2 aromatic carbocycles. The second-order valence-electron chi connectivity index (χ2n) is 7.22. The molecule has 142 valence electrons. The Hall–Kier alpha value is -3.34. The van der Waals surface area contributed by atoms with E-state index in [0.29, 0.717) is 17.6 Å². The van der Waals surface area contributed by atoms with Crippen LogP contribution in [-0.2, 0) is 20.5 Å². The van der Waals surface area contributed by atoms with E-state index in [1.54, 1.807) is 17.7 Å². The third kappa shape index (κ3) is 2.99. The second-order valence-corrected chi connectivity index (χ2v) is 7.22. The summed E-state index contributed by atoms with van der Waals surface area (Å²) in [6.45, 7) is 2.60. The van der Waals surface area contributed by atoms with E-state index in [4.69, 9.17) is 0 Å². The zero-order chi connectivity index (χ0) is 19.8. The highest BCUT2D eigenvalue weighted by molar-refractivity contribution is 6.08. The molecule has 0 unspecified atom stereocenters. The topological polar surface area (TPSA) is 56.0 Å². The number of aromatic nitrogens is 2. The third-order valence-corrected chi connectivity index (χ3v) is 5.34. The number of fused-ring (bicyclic) bond motifs is 3. The molecule has 4 aromatic rings. The first-order chi connectivity index (χ1) is 13.5. The number of hydrogen-bond donors (Lipinski definition) is 1. The number of carbonyl (C=O) groups excluding carboxylic acids is 1. The van der Waals surface area contributed by atoms with Gasteiger partial charge in [-0.25, -0.2) is 0 Å².